The zero-order valence-electron chi connectivity index (χ0n) is 17.2. The number of nitrogens with zero attached hydrogens (tertiary/aromatic N) is 2. The van der Waals surface area contributed by atoms with Gasteiger partial charge in [0, 0.05) is 6.42 Å². The van der Waals surface area contributed by atoms with Crippen LogP contribution in [0.1, 0.15) is 19.8 Å². The van der Waals surface area contributed by atoms with Gasteiger partial charge in [-0.3, -0.25) is 24.6 Å². The van der Waals surface area contributed by atoms with Crippen LogP contribution in [0, 0.1) is 0 Å². The summed E-state index contributed by atoms with van der Waals surface area (Å²) in [6, 6.07) is 14.0. The Morgan fingerprint density at radius 3 is 2.35 bits per heavy atom. The first-order valence-electron chi connectivity index (χ1n) is 9.74. The molecule has 3 rings (SSSR count). The van der Waals surface area contributed by atoms with Gasteiger partial charge in [-0.05, 0) is 36.4 Å². The molecule has 162 valence electrons. The fourth-order valence-corrected chi connectivity index (χ4v) is 3.14. The topological polar surface area (TPSA) is 105 Å². The van der Waals surface area contributed by atoms with E-state index in [4.69, 9.17) is 9.47 Å². The van der Waals surface area contributed by atoms with Crippen molar-refractivity contribution in [3.8, 4) is 11.5 Å². The van der Waals surface area contributed by atoms with E-state index in [0.717, 1.165) is 9.91 Å². The monoisotopic (exact) mass is 425 g/mol. The summed E-state index contributed by atoms with van der Waals surface area (Å²) in [5.74, 6) is -1.11. The molecule has 0 saturated carbocycles. The zero-order valence-corrected chi connectivity index (χ0v) is 17.2. The number of hydrazine groups is 1. The number of benzene rings is 2. The Morgan fingerprint density at radius 2 is 1.74 bits per heavy atom. The third-order valence-corrected chi connectivity index (χ3v) is 4.69. The highest BCUT2D eigenvalue weighted by molar-refractivity contribution is 6.23. The molecule has 0 aliphatic carbocycles. The third-order valence-electron chi connectivity index (χ3n) is 4.69. The van der Waals surface area contributed by atoms with Crippen LogP contribution in [0.15, 0.2) is 54.6 Å². The van der Waals surface area contributed by atoms with Crippen molar-refractivity contribution < 1.29 is 28.7 Å². The molecule has 31 heavy (non-hydrogen) atoms. The van der Waals surface area contributed by atoms with E-state index in [1.165, 1.54) is 7.11 Å². The van der Waals surface area contributed by atoms with Crippen LogP contribution >= 0.6 is 0 Å². The normalized spacial score (nSPS) is 15.5. The van der Waals surface area contributed by atoms with E-state index < -0.39 is 29.7 Å². The first kappa shape index (κ1) is 21.8. The summed E-state index contributed by atoms with van der Waals surface area (Å²) in [5.41, 5.74) is 2.78. The molecular weight excluding hydrogens is 402 g/mol. The first-order valence-corrected chi connectivity index (χ1v) is 9.74. The lowest BCUT2D eigenvalue weighted by molar-refractivity contribution is -0.148. The minimum Gasteiger partial charge on any atom is -0.497 e. The summed E-state index contributed by atoms with van der Waals surface area (Å²) in [6.07, 6.45) is -0.198. The average molecular weight is 425 g/mol. The summed E-state index contributed by atoms with van der Waals surface area (Å²) in [7, 11) is 1.51. The lowest BCUT2D eigenvalue weighted by Gasteiger charge is -2.27. The van der Waals surface area contributed by atoms with Crippen molar-refractivity contribution >= 4 is 29.3 Å². The number of anilines is 1. The number of hydrogen-bond acceptors (Lipinski definition) is 6. The van der Waals surface area contributed by atoms with E-state index in [1.54, 1.807) is 55.5 Å². The molecular formula is C22H23N3O6. The van der Waals surface area contributed by atoms with Crippen molar-refractivity contribution in [2.45, 2.75) is 25.8 Å². The van der Waals surface area contributed by atoms with Gasteiger partial charge in [0.1, 0.15) is 17.5 Å². The largest absolute Gasteiger partial charge is 0.497 e. The number of para-hydroxylation sites is 1. The maximum Gasteiger partial charge on any atom is 0.276 e. The fourth-order valence-electron chi connectivity index (χ4n) is 3.14. The Hall–Kier alpha value is -3.88. The molecule has 1 heterocycles. The van der Waals surface area contributed by atoms with Crippen molar-refractivity contribution in [3.05, 3.63) is 54.6 Å². The summed E-state index contributed by atoms with van der Waals surface area (Å²) in [4.78, 5) is 51.4. The predicted molar refractivity (Wildman–Crippen MR) is 111 cm³/mol. The van der Waals surface area contributed by atoms with Gasteiger partial charge in [-0.1, -0.05) is 25.1 Å². The van der Waals surface area contributed by atoms with Crippen LogP contribution in [0.3, 0.4) is 0 Å². The fraction of sp³-hybridized carbons (Fsp3) is 0.273. The molecule has 1 saturated heterocycles. The summed E-state index contributed by atoms with van der Waals surface area (Å²) in [6.45, 7) is 1.25. The van der Waals surface area contributed by atoms with Gasteiger partial charge >= 0.3 is 0 Å². The molecule has 0 bridgehead atoms. The number of carbonyl (C=O) groups is 4. The van der Waals surface area contributed by atoms with E-state index >= 15 is 0 Å². The van der Waals surface area contributed by atoms with E-state index in [0.29, 0.717) is 17.2 Å². The Kier molecular flexibility index (Phi) is 6.86. The average Bonchev–Trinajstić information content (AvgIpc) is 3.09. The van der Waals surface area contributed by atoms with Crippen LogP contribution < -0.4 is 19.8 Å². The molecule has 0 aromatic heterocycles. The number of ether oxygens (including phenoxy) is 2. The van der Waals surface area contributed by atoms with Crippen LogP contribution in [0.25, 0.3) is 0 Å². The molecule has 1 aliphatic heterocycles. The maximum absolute atomic E-state index is 13.0. The standard InChI is InChI=1S/C22H23N3O6/c1-3-20(27)25(23-19(26)14-31-17-7-5-4-6-8-17)18-13-21(28)24(22(18)29)15-9-11-16(30-2)12-10-15/h4-12,18H,3,13-14H2,1-2H3,(H,23,26). The SMILES string of the molecule is CCC(=O)N(NC(=O)COc1ccccc1)C1CC(=O)N(c2ccc(OC)cc2)C1=O. The molecule has 0 radical (unpaired) electrons. The zero-order chi connectivity index (χ0) is 22.4. The molecule has 0 spiro atoms. The summed E-state index contributed by atoms with van der Waals surface area (Å²) in [5, 5.41) is 0.931. The summed E-state index contributed by atoms with van der Waals surface area (Å²) < 4.78 is 10.5. The van der Waals surface area contributed by atoms with Crippen molar-refractivity contribution in [3.63, 3.8) is 0 Å². The number of carbonyl (C=O) groups excluding carboxylic acids is 4. The highest BCUT2D eigenvalue weighted by Gasteiger charge is 2.45. The lowest BCUT2D eigenvalue weighted by atomic mass is 10.2. The molecule has 9 heteroatoms. The summed E-state index contributed by atoms with van der Waals surface area (Å²) >= 11 is 0. The Morgan fingerprint density at radius 1 is 1.06 bits per heavy atom. The molecule has 9 nitrogen and oxygen atoms in total. The third kappa shape index (κ3) is 5.00. The number of imide groups is 1. The molecule has 4 amide bonds. The number of rotatable bonds is 7. The van der Waals surface area contributed by atoms with Gasteiger partial charge in [-0.2, -0.15) is 0 Å². The van der Waals surface area contributed by atoms with Gasteiger partial charge in [-0.15, -0.1) is 0 Å². The Balaban J connectivity index is 1.72. The van der Waals surface area contributed by atoms with Crippen LogP contribution in [0.5, 0.6) is 11.5 Å². The smallest absolute Gasteiger partial charge is 0.276 e. The van der Waals surface area contributed by atoms with Gasteiger partial charge in [-0.25, -0.2) is 9.91 Å². The number of amides is 4. The van der Waals surface area contributed by atoms with E-state index in [9.17, 15) is 19.2 Å². The van der Waals surface area contributed by atoms with Crippen molar-refractivity contribution in [1.82, 2.24) is 10.4 Å². The van der Waals surface area contributed by atoms with Crippen LogP contribution in [0.4, 0.5) is 5.69 Å². The quantitative estimate of drug-likeness (QED) is 0.535. The second-order valence-electron chi connectivity index (χ2n) is 6.74. The predicted octanol–water partition coefficient (Wildman–Crippen LogP) is 1.68. The van der Waals surface area contributed by atoms with Crippen LogP contribution in [-0.4, -0.2) is 48.4 Å². The van der Waals surface area contributed by atoms with E-state index in [1.807, 2.05) is 6.07 Å². The molecule has 1 fully saturated rings. The second-order valence-corrected chi connectivity index (χ2v) is 6.74. The van der Waals surface area contributed by atoms with Gasteiger partial charge in [0.15, 0.2) is 6.61 Å². The van der Waals surface area contributed by atoms with Crippen molar-refractivity contribution in [1.29, 1.82) is 0 Å². The highest BCUT2D eigenvalue weighted by atomic mass is 16.5. The minimum atomic E-state index is -1.14. The molecule has 1 unspecified atom stereocenters. The molecule has 1 aliphatic rings. The van der Waals surface area contributed by atoms with E-state index in [-0.39, 0.29) is 19.4 Å². The molecule has 2 aromatic rings. The first-order chi connectivity index (χ1) is 14.9. The highest BCUT2D eigenvalue weighted by Crippen LogP contribution is 2.27. The number of nitrogens with one attached hydrogen (secondary N) is 1. The van der Waals surface area contributed by atoms with Gasteiger partial charge in [0.05, 0.1) is 19.2 Å². The van der Waals surface area contributed by atoms with Crippen LogP contribution in [0.2, 0.25) is 0 Å². The number of methoxy groups -OCH3 is 1. The molecule has 2 aromatic carbocycles. The minimum absolute atomic E-state index is 0.0420. The molecule has 1 atom stereocenters. The number of hydrogen-bond donors (Lipinski definition) is 1. The second kappa shape index (κ2) is 9.75. The maximum atomic E-state index is 13.0. The lowest BCUT2D eigenvalue weighted by Crippen LogP contribution is -2.55. The van der Waals surface area contributed by atoms with Crippen molar-refractivity contribution in [2.75, 3.05) is 18.6 Å². The molecule has 1 N–H and O–H groups in total. The van der Waals surface area contributed by atoms with Crippen LogP contribution in [-0.2, 0) is 19.2 Å². The Bertz CT molecular complexity index is 961. The van der Waals surface area contributed by atoms with Gasteiger partial charge in [0.25, 0.3) is 11.8 Å². The Labute approximate surface area is 179 Å². The van der Waals surface area contributed by atoms with E-state index in [2.05, 4.69) is 5.43 Å². The van der Waals surface area contributed by atoms with Gasteiger partial charge < -0.3 is 9.47 Å². The van der Waals surface area contributed by atoms with Crippen molar-refractivity contribution in [2.24, 2.45) is 0 Å². The van der Waals surface area contributed by atoms with Gasteiger partial charge in [0.2, 0.25) is 11.8 Å².